The molecule has 1 aromatic rings. The van der Waals surface area contributed by atoms with E-state index in [9.17, 15) is 19.1 Å². The summed E-state index contributed by atoms with van der Waals surface area (Å²) in [6.45, 7) is 5.67. The molecule has 7 nitrogen and oxygen atoms in total. The van der Waals surface area contributed by atoms with Gasteiger partial charge in [-0.25, -0.2) is 9.18 Å². The van der Waals surface area contributed by atoms with Gasteiger partial charge in [-0.1, -0.05) is 0 Å². The van der Waals surface area contributed by atoms with Crippen molar-refractivity contribution in [1.82, 2.24) is 0 Å². The van der Waals surface area contributed by atoms with Crippen LogP contribution in [0.3, 0.4) is 0 Å². The van der Waals surface area contributed by atoms with E-state index in [2.05, 4.69) is 0 Å². The number of carboxylic acid groups (broad SMARTS) is 1. The molecule has 0 aliphatic heterocycles. The van der Waals surface area contributed by atoms with Gasteiger partial charge in [0, 0.05) is 19.2 Å². The average Bonchev–Trinajstić information content (AvgIpc) is 2.63. The fourth-order valence-electron chi connectivity index (χ4n) is 3.47. The van der Waals surface area contributed by atoms with Gasteiger partial charge in [0.2, 0.25) is 0 Å². The molecule has 0 bridgehead atoms. The summed E-state index contributed by atoms with van der Waals surface area (Å²) < 4.78 is 35.8. The number of carbonyl (C=O) groups excluding carboxylic acids is 1. The molecule has 1 N–H and O–H groups in total. The van der Waals surface area contributed by atoms with Gasteiger partial charge in [-0.15, -0.1) is 0 Å². The van der Waals surface area contributed by atoms with Crippen LogP contribution in [0.4, 0.5) is 4.39 Å². The molecule has 1 aliphatic carbocycles. The Labute approximate surface area is 170 Å². The normalized spacial score (nSPS) is 22.1. The third-order valence-electron chi connectivity index (χ3n) is 4.92. The minimum atomic E-state index is -1.24. The Kier molecular flexibility index (Phi) is 7.11. The van der Waals surface area contributed by atoms with Crippen LogP contribution in [0.1, 0.15) is 56.8 Å². The number of esters is 1. The Hall–Kier alpha value is -2.35. The number of methoxy groups -OCH3 is 2. The van der Waals surface area contributed by atoms with Crippen LogP contribution in [0.5, 0.6) is 11.5 Å². The molecule has 0 radical (unpaired) electrons. The van der Waals surface area contributed by atoms with E-state index in [1.165, 1.54) is 14.2 Å². The van der Waals surface area contributed by atoms with E-state index in [0.29, 0.717) is 25.7 Å². The number of benzene rings is 1. The van der Waals surface area contributed by atoms with Crippen molar-refractivity contribution in [3.63, 3.8) is 0 Å². The second kappa shape index (κ2) is 8.98. The van der Waals surface area contributed by atoms with Crippen LogP contribution in [-0.2, 0) is 14.3 Å². The van der Waals surface area contributed by atoms with E-state index >= 15 is 0 Å². The van der Waals surface area contributed by atoms with E-state index in [1.807, 2.05) is 20.8 Å². The Morgan fingerprint density at radius 1 is 1.17 bits per heavy atom. The summed E-state index contributed by atoms with van der Waals surface area (Å²) in [5.74, 6) is -2.47. The summed E-state index contributed by atoms with van der Waals surface area (Å²) in [6.07, 6.45) is 1.54. The topological polar surface area (TPSA) is 91.3 Å². The van der Waals surface area contributed by atoms with E-state index in [1.54, 1.807) is 0 Å². The average molecular weight is 412 g/mol. The SMILES string of the molecule is COC[C@]1(C(=O)OC(C)(C)C)CC[C@@H](Oc2cc(C(=O)O)c(OC)cc2F)CC1. The minimum absolute atomic E-state index is 0.0740. The van der Waals surface area contributed by atoms with Crippen molar-refractivity contribution in [3.05, 3.63) is 23.5 Å². The standard InChI is InChI=1S/C21H29FO7/c1-20(2,3)29-19(25)21(12-26-4)8-6-13(7-9-21)28-17-10-14(18(23)24)16(27-5)11-15(17)22/h10-11,13H,6-9,12H2,1-5H3,(H,23,24)/t13-,21+. The van der Waals surface area contributed by atoms with E-state index in [0.717, 1.165) is 12.1 Å². The summed E-state index contributed by atoms with van der Waals surface area (Å²) >= 11 is 0. The maximum atomic E-state index is 14.3. The molecule has 0 amide bonds. The highest BCUT2D eigenvalue weighted by Gasteiger charge is 2.45. The van der Waals surface area contributed by atoms with E-state index in [4.69, 9.17) is 18.9 Å². The van der Waals surface area contributed by atoms with E-state index in [-0.39, 0.29) is 35.7 Å². The van der Waals surface area contributed by atoms with Crippen molar-refractivity contribution in [2.45, 2.75) is 58.2 Å². The molecular weight excluding hydrogens is 383 g/mol. The molecule has 2 rings (SSSR count). The monoisotopic (exact) mass is 412 g/mol. The minimum Gasteiger partial charge on any atom is -0.496 e. The van der Waals surface area contributed by atoms with Gasteiger partial charge in [0.05, 0.1) is 25.2 Å². The molecule has 0 unspecified atom stereocenters. The van der Waals surface area contributed by atoms with Crippen molar-refractivity contribution >= 4 is 11.9 Å². The summed E-state index contributed by atoms with van der Waals surface area (Å²) in [5, 5.41) is 9.28. The maximum Gasteiger partial charge on any atom is 0.339 e. The van der Waals surface area contributed by atoms with Crippen LogP contribution in [0.2, 0.25) is 0 Å². The molecule has 1 saturated carbocycles. The molecule has 8 heteroatoms. The quantitative estimate of drug-likeness (QED) is 0.681. The molecule has 29 heavy (non-hydrogen) atoms. The number of carbonyl (C=O) groups is 2. The number of carboxylic acids is 1. The molecule has 162 valence electrons. The molecule has 0 saturated heterocycles. The zero-order chi connectivity index (χ0) is 21.8. The van der Waals surface area contributed by atoms with Gasteiger partial charge in [0.25, 0.3) is 0 Å². The van der Waals surface area contributed by atoms with Crippen LogP contribution >= 0.6 is 0 Å². The van der Waals surface area contributed by atoms with Crippen LogP contribution in [0, 0.1) is 11.2 Å². The first kappa shape index (κ1) is 22.9. The van der Waals surface area contributed by atoms with Crippen LogP contribution in [-0.4, -0.2) is 49.6 Å². The van der Waals surface area contributed by atoms with Gasteiger partial charge in [0.15, 0.2) is 11.6 Å². The highest BCUT2D eigenvalue weighted by molar-refractivity contribution is 5.91. The highest BCUT2D eigenvalue weighted by Crippen LogP contribution is 2.40. The first-order chi connectivity index (χ1) is 13.5. The summed E-state index contributed by atoms with van der Waals surface area (Å²) in [7, 11) is 2.81. The Bertz CT molecular complexity index is 746. The second-order valence-electron chi connectivity index (χ2n) is 8.32. The van der Waals surface area contributed by atoms with Crippen LogP contribution in [0.25, 0.3) is 0 Å². The maximum absolute atomic E-state index is 14.3. The molecule has 1 fully saturated rings. The first-order valence-corrected chi connectivity index (χ1v) is 9.51. The van der Waals surface area contributed by atoms with Crippen molar-refractivity contribution in [3.8, 4) is 11.5 Å². The van der Waals surface area contributed by atoms with Crippen molar-refractivity contribution in [2.24, 2.45) is 5.41 Å². The predicted molar refractivity (Wildman–Crippen MR) is 103 cm³/mol. The second-order valence-corrected chi connectivity index (χ2v) is 8.32. The number of ether oxygens (including phenoxy) is 4. The number of aromatic carboxylic acids is 1. The fraction of sp³-hybridized carbons (Fsp3) is 0.619. The lowest BCUT2D eigenvalue weighted by Crippen LogP contribution is -2.45. The Balaban J connectivity index is 2.13. The molecule has 0 heterocycles. The zero-order valence-electron chi connectivity index (χ0n) is 17.5. The van der Waals surface area contributed by atoms with Crippen LogP contribution in [0.15, 0.2) is 12.1 Å². The first-order valence-electron chi connectivity index (χ1n) is 9.51. The summed E-state index contributed by atoms with van der Waals surface area (Å²) in [4.78, 5) is 24.1. The van der Waals surface area contributed by atoms with E-state index < -0.39 is 22.8 Å². The third kappa shape index (κ3) is 5.59. The molecule has 0 spiro atoms. The number of hydrogen-bond acceptors (Lipinski definition) is 6. The van der Waals surface area contributed by atoms with Gasteiger partial charge in [0.1, 0.15) is 16.9 Å². The number of halogens is 1. The molecule has 1 aromatic carbocycles. The predicted octanol–water partition coefficient (Wildman–Crippen LogP) is 3.83. The third-order valence-corrected chi connectivity index (χ3v) is 4.92. The number of hydrogen-bond donors (Lipinski definition) is 1. The lowest BCUT2D eigenvalue weighted by molar-refractivity contribution is -0.175. The highest BCUT2D eigenvalue weighted by atomic mass is 19.1. The summed E-state index contributed by atoms with van der Waals surface area (Å²) in [6, 6.07) is 2.12. The van der Waals surface area contributed by atoms with Gasteiger partial charge < -0.3 is 24.1 Å². The lowest BCUT2D eigenvalue weighted by atomic mass is 9.73. The summed E-state index contributed by atoms with van der Waals surface area (Å²) in [5.41, 5.74) is -1.56. The molecule has 0 atom stereocenters. The zero-order valence-corrected chi connectivity index (χ0v) is 17.5. The lowest BCUT2D eigenvalue weighted by Gasteiger charge is -2.39. The van der Waals surface area contributed by atoms with Gasteiger partial charge in [-0.05, 0) is 46.5 Å². The van der Waals surface area contributed by atoms with Crippen LogP contribution < -0.4 is 9.47 Å². The Morgan fingerprint density at radius 2 is 1.79 bits per heavy atom. The molecular formula is C21H29FO7. The van der Waals surface area contributed by atoms with Crippen molar-refractivity contribution < 1.29 is 38.0 Å². The molecule has 0 aromatic heterocycles. The fourth-order valence-corrected chi connectivity index (χ4v) is 3.47. The smallest absolute Gasteiger partial charge is 0.339 e. The number of rotatable bonds is 7. The van der Waals surface area contributed by atoms with Gasteiger partial charge in [-0.3, -0.25) is 4.79 Å². The van der Waals surface area contributed by atoms with Gasteiger partial charge >= 0.3 is 11.9 Å². The molecule has 1 aliphatic rings. The Morgan fingerprint density at radius 3 is 2.28 bits per heavy atom. The van der Waals surface area contributed by atoms with Crippen molar-refractivity contribution in [1.29, 1.82) is 0 Å². The van der Waals surface area contributed by atoms with Crippen molar-refractivity contribution in [2.75, 3.05) is 20.8 Å². The van der Waals surface area contributed by atoms with Gasteiger partial charge in [-0.2, -0.15) is 0 Å². The largest absolute Gasteiger partial charge is 0.496 e.